The molecule has 0 heterocycles. The van der Waals surface area contributed by atoms with Gasteiger partial charge in [0.1, 0.15) is 6.04 Å². The smallest absolute Gasteiger partial charge is 0.328 e. The fourth-order valence-corrected chi connectivity index (χ4v) is 2.12. The third-order valence-electron chi connectivity index (χ3n) is 3.66. The lowest BCUT2D eigenvalue weighted by Crippen LogP contribution is -2.56. The number of carboxylic acid groups (broad SMARTS) is 1. The van der Waals surface area contributed by atoms with Crippen LogP contribution < -0.4 is 33.6 Å². The van der Waals surface area contributed by atoms with Gasteiger partial charge in [-0.1, -0.05) is 0 Å². The van der Waals surface area contributed by atoms with E-state index in [1.165, 1.54) is 6.92 Å². The number of primary amides is 1. The van der Waals surface area contributed by atoms with E-state index in [2.05, 4.69) is 15.6 Å². The fourth-order valence-electron chi connectivity index (χ4n) is 2.12. The van der Waals surface area contributed by atoms with Crippen molar-refractivity contribution >= 4 is 29.7 Å². The Morgan fingerprint density at radius 1 is 1.04 bits per heavy atom. The van der Waals surface area contributed by atoms with E-state index in [4.69, 9.17) is 28.0 Å². The summed E-state index contributed by atoms with van der Waals surface area (Å²) in [6.45, 7) is 1.37. The standard InChI is InChI=1S/C15H29N7O6/c1-7(23)11(14(27)28)22-13(26)9(3-2-6-20-15(18)19)21-12(25)8(16)4-5-10(17)24/h7-9,11,23H,2-6,16H2,1H3,(H2,17,24)(H,21,25)(H,22,26)(H,27,28)(H4,18,19,20)/t7-,8+,9+,11+/m1/s1. The number of rotatable bonds is 13. The van der Waals surface area contributed by atoms with Crippen molar-refractivity contribution in [1.82, 2.24) is 10.6 Å². The average molecular weight is 403 g/mol. The van der Waals surface area contributed by atoms with E-state index in [1.807, 2.05) is 0 Å². The summed E-state index contributed by atoms with van der Waals surface area (Å²) in [4.78, 5) is 50.3. The van der Waals surface area contributed by atoms with Gasteiger partial charge in [0.25, 0.3) is 0 Å². The first-order valence-electron chi connectivity index (χ1n) is 8.56. The number of nitrogens with one attached hydrogen (secondary N) is 2. The number of nitrogens with two attached hydrogens (primary N) is 4. The highest BCUT2D eigenvalue weighted by molar-refractivity contribution is 5.92. The maximum atomic E-state index is 12.4. The number of amides is 3. The van der Waals surface area contributed by atoms with E-state index < -0.39 is 47.9 Å². The molecule has 12 N–H and O–H groups in total. The maximum Gasteiger partial charge on any atom is 0.328 e. The van der Waals surface area contributed by atoms with Crippen LogP contribution in [0.2, 0.25) is 0 Å². The van der Waals surface area contributed by atoms with Crippen molar-refractivity contribution in [1.29, 1.82) is 0 Å². The molecule has 0 saturated heterocycles. The van der Waals surface area contributed by atoms with E-state index in [0.717, 1.165) is 0 Å². The number of carbonyl (C=O) groups is 4. The average Bonchev–Trinajstić information content (AvgIpc) is 2.58. The van der Waals surface area contributed by atoms with Crippen LogP contribution in [0.25, 0.3) is 0 Å². The quantitative estimate of drug-likeness (QED) is 0.0847. The number of hydrogen-bond donors (Lipinski definition) is 8. The molecule has 0 aliphatic carbocycles. The zero-order valence-electron chi connectivity index (χ0n) is 15.6. The number of aliphatic hydroxyl groups is 1. The number of nitrogens with zero attached hydrogens (tertiary/aromatic N) is 1. The summed E-state index contributed by atoms with van der Waals surface area (Å²) in [5.74, 6) is -3.75. The third kappa shape index (κ3) is 10.3. The Kier molecular flexibility index (Phi) is 11.2. The van der Waals surface area contributed by atoms with Crippen molar-refractivity contribution in [3.8, 4) is 0 Å². The van der Waals surface area contributed by atoms with Crippen molar-refractivity contribution in [2.24, 2.45) is 27.9 Å². The molecule has 0 aliphatic heterocycles. The van der Waals surface area contributed by atoms with Crippen LogP contribution in [0.15, 0.2) is 4.99 Å². The zero-order valence-corrected chi connectivity index (χ0v) is 15.6. The lowest BCUT2D eigenvalue weighted by Gasteiger charge is -2.23. The Morgan fingerprint density at radius 3 is 2.11 bits per heavy atom. The summed E-state index contributed by atoms with van der Waals surface area (Å²) in [5, 5.41) is 23.1. The van der Waals surface area contributed by atoms with Gasteiger partial charge in [0.2, 0.25) is 17.7 Å². The van der Waals surface area contributed by atoms with Crippen molar-refractivity contribution in [3.63, 3.8) is 0 Å². The van der Waals surface area contributed by atoms with Gasteiger partial charge in [-0.05, 0) is 26.2 Å². The highest BCUT2D eigenvalue weighted by Crippen LogP contribution is 2.03. The van der Waals surface area contributed by atoms with Gasteiger partial charge in [-0.25, -0.2) is 4.79 Å². The Morgan fingerprint density at radius 2 is 1.64 bits per heavy atom. The number of aliphatic imine (C=N–C) groups is 1. The van der Waals surface area contributed by atoms with Crippen LogP contribution in [0.1, 0.15) is 32.6 Å². The van der Waals surface area contributed by atoms with Gasteiger partial charge in [0, 0.05) is 13.0 Å². The molecule has 0 unspecified atom stereocenters. The predicted octanol–water partition coefficient (Wildman–Crippen LogP) is -3.93. The van der Waals surface area contributed by atoms with Crippen LogP contribution in [-0.2, 0) is 19.2 Å². The number of carboxylic acids is 1. The summed E-state index contributed by atoms with van der Waals surface area (Å²) < 4.78 is 0. The highest BCUT2D eigenvalue weighted by atomic mass is 16.4. The lowest BCUT2D eigenvalue weighted by molar-refractivity contribution is -0.145. The molecule has 0 rings (SSSR count). The highest BCUT2D eigenvalue weighted by Gasteiger charge is 2.30. The van der Waals surface area contributed by atoms with Gasteiger partial charge < -0.3 is 43.8 Å². The van der Waals surface area contributed by atoms with Crippen LogP contribution in [0, 0.1) is 0 Å². The van der Waals surface area contributed by atoms with Crippen LogP contribution in [0.4, 0.5) is 0 Å². The molecule has 0 aliphatic rings. The maximum absolute atomic E-state index is 12.4. The molecule has 0 radical (unpaired) electrons. The van der Waals surface area contributed by atoms with Gasteiger partial charge in [-0.15, -0.1) is 0 Å². The predicted molar refractivity (Wildman–Crippen MR) is 99.5 cm³/mol. The van der Waals surface area contributed by atoms with Crippen LogP contribution >= 0.6 is 0 Å². The monoisotopic (exact) mass is 403 g/mol. The first-order valence-corrected chi connectivity index (χ1v) is 8.56. The van der Waals surface area contributed by atoms with Gasteiger partial charge in [0.05, 0.1) is 12.1 Å². The zero-order chi connectivity index (χ0) is 21.9. The molecule has 160 valence electrons. The SMILES string of the molecule is C[C@@H](O)[C@H](NC(=O)[C@H](CCCN=C(N)N)NC(=O)[C@@H](N)CCC(N)=O)C(=O)O. The molecule has 3 amide bonds. The summed E-state index contributed by atoms with van der Waals surface area (Å²) in [6, 6.07) is -3.80. The van der Waals surface area contributed by atoms with E-state index >= 15 is 0 Å². The molecule has 0 bridgehead atoms. The second-order valence-corrected chi connectivity index (χ2v) is 6.19. The summed E-state index contributed by atoms with van der Waals surface area (Å²) >= 11 is 0. The Bertz CT molecular complexity index is 591. The largest absolute Gasteiger partial charge is 0.480 e. The number of aliphatic carboxylic acids is 1. The van der Waals surface area contributed by atoms with Gasteiger partial charge in [-0.2, -0.15) is 0 Å². The Labute approximate surface area is 161 Å². The second-order valence-electron chi connectivity index (χ2n) is 6.19. The number of guanidine groups is 1. The molecule has 13 heteroatoms. The van der Waals surface area contributed by atoms with Crippen molar-refractivity contribution in [3.05, 3.63) is 0 Å². The molecule has 13 nitrogen and oxygen atoms in total. The lowest BCUT2D eigenvalue weighted by atomic mass is 10.1. The van der Waals surface area contributed by atoms with Crippen LogP contribution in [-0.4, -0.2) is 70.6 Å². The van der Waals surface area contributed by atoms with Crippen LogP contribution in [0.3, 0.4) is 0 Å². The summed E-state index contributed by atoms with van der Waals surface area (Å²) in [6.07, 6.45) is -1.13. The first kappa shape index (κ1) is 25.1. The number of hydrogen-bond acceptors (Lipinski definition) is 7. The van der Waals surface area contributed by atoms with Crippen molar-refractivity contribution in [2.45, 2.75) is 56.8 Å². The van der Waals surface area contributed by atoms with Crippen molar-refractivity contribution in [2.75, 3.05) is 6.54 Å². The summed E-state index contributed by atoms with van der Waals surface area (Å²) in [7, 11) is 0. The fraction of sp³-hybridized carbons (Fsp3) is 0.667. The minimum atomic E-state index is -1.56. The molecular weight excluding hydrogens is 374 g/mol. The molecule has 4 atom stereocenters. The van der Waals surface area contributed by atoms with E-state index in [1.54, 1.807) is 0 Å². The molecular formula is C15H29N7O6. The van der Waals surface area contributed by atoms with Gasteiger partial charge in [-0.3, -0.25) is 19.4 Å². The molecule has 0 saturated carbocycles. The Balaban J connectivity index is 5.09. The number of carbonyl (C=O) groups excluding carboxylic acids is 3. The minimum absolute atomic E-state index is 0.0189. The topological polar surface area (TPSA) is 249 Å². The normalized spacial score (nSPS) is 14.8. The van der Waals surface area contributed by atoms with Crippen LogP contribution in [0.5, 0.6) is 0 Å². The molecule has 0 spiro atoms. The number of aliphatic hydroxyl groups excluding tert-OH is 1. The summed E-state index contributed by atoms with van der Waals surface area (Å²) in [5.41, 5.74) is 21.1. The molecule has 28 heavy (non-hydrogen) atoms. The van der Waals surface area contributed by atoms with E-state index in [-0.39, 0.29) is 31.8 Å². The molecule has 0 aromatic carbocycles. The molecule has 0 aromatic rings. The van der Waals surface area contributed by atoms with Gasteiger partial charge in [0.15, 0.2) is 12.0 Å². The van der Waals surface area contributed by atoms with Crippen molar-refractivity contribution < 1.29 is 29.4 Å². The molecule has 0 aromatic heterocycles. The third-order valence-corrected chi connectivity index (χ3v) is 3.66. The van der Waals surface area contributed by atoms with E-state index in [0.29, 0.717) is 6.42 Å². The first-order chi connectivity index (χ1) is 13.0. The van der Waals surface area contributed by atoms with Gasteiger partial charge >= 0.3 is 5.97 Å². The minimum Gasteiger partial charge on any atom is -0.480 e. The Hall–Kier alpha value is -2.93. The second kappa shape index (κ2) is 12.5. The van der Waals surface area contributed by atoms with E-state index in [9.17, 15) is 24.3 Å². The molecule has 0 fully saturated rings.